The van der Waals surface area contributed by atoms with Gasteiger partial charge in [-0.05, 0) is 31.2 Å². The van der Waals surface area contributed by atoms with Gasteiger partial charge >= 0.3 is 5.69 Å². The van der Waals surface area contributed by atoms with Gasteiger partial charge in [0.1, 0.15) is 11.5 Å². The maximum absolute atomic E-state index is 11.0. The first kappa shape index (κ1) is 14.7. The summed E-state index contributed by atoms with van der Waals surface area (Å²) in [5, 5.41) is 20.4. The maximum atomic E-state index is 11.0. The van der Waals surface area contributed by atoms with E-state index in [-0.39, 0.29) is 11.4 Å². The lowest BCUT2D eigenvalue weighted by molar-refractivity contribution is -0.385. The number of benzene rings is 1. The van der Waals surface area contributed by atoms with Gasteiger partial charge in [0.15, 0.2) is 0 Å². The van der Waals surface area contributed by atoms with E-state index in [1.165, 1.54) is 25.4 Å². The van der Waals surface area contributed by atoms with E-state index >= 15 is 0 Å². The molecule has 0 spiro atoms. The average Bonchev–Trinajstić information content (AvgIpc) is 2.48. The van der Waals surface area contributed by atoms with Gasteiger partial charge in [-0.1, -0.05) is 0 Å². The molecule has 1 heterocycles. The molecule has 0 saturated carbocycles. The lowest BCUT2D eigenvalue weighted by Crippen LogP contribution is -1.97. The molecule has 7 heteroatoms. The van der Waals surface area contributed by atoms with Gasteiger partial charge in [-0.25, -0.2) is 0 Å². The summed E-state index contributed by atoms with van der Waals surface area (Å²) in [5.41, 5.74) is 0.292. The highest BCUT2D eigenvalue weighted by atomic mass is 16.6. The van der Waals surface area contributed by atoms with Crippen molar-refractivity contribution < 1.29 is 19.5 Å². The molecule has 1 atom stereocenters. The summed E-state index contributed by atoms with van der Waals surface area (Å²) in [6.45, 7) is 1.59. The maximum Gasteiger partial charge on any atom is 0.315 e. The Hall–Kier alpha value is -2.67. The van der Waals surface area contributed by atoms with Crippen LogP contribution in [0.2, 0.25) is 0 Å². The Labute approximate surface area is 120 Å². The summed E-state index contributed by atoms with van der Waals surface area (Å²) in [4.78, 5) is 14.5. The predicted molar refractivity (Wildman–Crippen MR) is 74.6 cm³/mol. The average molecular weight is 290 g/mol. The summed E-state index contributed by atoms with van der Waals surface area (Å²) < 4.78 is 10.4. The van der Waals surface area contributed by atoms with Gasteiger partial charge in [-0.15, -0.1) is 0 Å². The van der Waals surface area contributed by atoms with Crippen molar-refractivity contribution in [3.63, 3.8) is 0 Å². The molecule has 1 aromatic carbocycles. The Morgan fingerprint density at radius 3 is 2.52 bits per heavy atom. The molecule has 0 aliphatic rings. The number of methoxy groups -OCH3 is 1. The van der Waals surface area contributed by atoms with Crippen molar-refractivity contribution in [3.8, 4) is 17.2 Å². The SMILES string of the molecule is COc1ccc(Oc2ccc([C@H](C)O)nc2)c([N+](=O)[O-])c1. The first-order chi connectivity index (χ1) is 10.0. The molecule has 0 unspecified atom stereocenters. The quantitative estimate of drug-likeness (QED) is 0.672. The monoisotopic (exact) mass is 290 g/mol. The molecular weight excluding hydrogens is 276 g/mol. The first-order valence-electron chi connectivity index (χ1n) is 6.15. The van der Waals surface area contributed by atoms with Gasteiger partial charge in [0.05, 0.1) is 36.1 Å². The van der Waals surface area contributed by atoms with Gasteiger partial charge in [0.25, 0.3) is 0 Å². The molecule has 0 bridgehead atoms. The van der Waals surface area contributed by atoms with Crippen LogP contribution in [0.3, 0.4) is 0 Å². The second-order valence-corrected chi connectivity index (χ2v) is 4.29. The molecule has 0 aliphatic carbocycles. The summed E-state index contributed by atoms with van der Waals surface area (Å²) >= 11 is 0. The van der Waals surface area contributed by atoms with Crippen LogP contribution in [-0.4, -0.2) is 22.1 Å². The van der Waals surface area contributed by atoms with E-state index in [4.69, 9.17) is 9.47 Å². The Kier molecular flexibility index (Phi) is 4.34. The molecule has 2 aromatic rings. The fraction of sp³-hybridized carbons (Fsp3) is 0.214. The van der Waals surface area contributed by atoms with Gasteiger partial charge in [-0.3, -0.25) is 15.1 Å². The fourth-order valence-electron chi connectivity index (χ4n) is 1.68. The van der Waals surface area contributed by atoms with Crippen molar-refractivity contribution >= 4 is 5.69 Å². The summed E-state index contributed by atoms with van der Waals surface area (Å²) in [7, 11) is 1.43. The molecule has 0 saturated heterocycles. The van der Waals surface area contributed by atoms with Crippen molar-refractivity contribution in [2.75, 3.05) is 7.11 Å². The Morgan fingerprint density at radius 2 is 2.00 bits per heavy atom. The highest BCUT2D eigenvalue weighted by molar-refractivity contribution is 5.52. The van der Waals surface area contributed by atoms with Gasteiger partial charge in [-0.2, -0.15) is 0 Å². The largest absolute Gasteiger partial charge is 0.496 e. The molecule has 0 amide bonds. The van der Waals surface area contributed by atoms with E-state index in [0.29, 0.717) is 17.2 Å². The molecule has 0 aliphatic heterocycles. The summed E-state index contributed by atoms with van der Waals surface area (Å²) in [6, 6.07) is 7.49. The minimum Gasteiger partial charge on any atom is -0.496 e. The number of pyridine rings is 1. The Balaban J connectivity index is 2.28. The minimum absolute atomic E-state index is 0.0902. The van der Waals surface area contributed by atoms with Crippen LogP contribution in [0, 0.1) is 10.1 Å². The van der Waals surface area contributed by atoms with Crippen molar-refractivity contribution in [2.24, 2.45) is 0 Å². The van der Waals surface area contributed by atoms with Crippen LogP contribution in [0.1, 0.15) is 18.7 Å². The number of aromatic nitrogens is 1. The van der Waals surface area contributed by atoms with Crippen LogP contribution in [0.5, 0.6) is 17.2 Å². The third kappa shape index (κ3) is 3.46. The van der Waals surface area contributed by atoms with Crippen LogP contribution in [0.4, 0.5) is 5.69 Å². The Bertz CT molecular complexity index is 640. The normalized spacial score (nSPS) is 11.8. The number of nitro benzene ring substituents is 1. The number of hydrogen-bond donors (Lipinski definition) is 1. The van der Waals surface area contributed by atoms with Gasteiger partial charge in [0, 0.05) is 0 Å². The first-order valence-corrected chi connectivity index (χ1v) is 6.15. The second kappa shape index (κ2) is 6.19. The van der Waals surface area contributed by atoms with Crippen molar-refractivity contribution in [2.45, 2.75) is 13.0 Å². The number of aliphatic hydroxyl groups is 1. The van der Waals surface area contributed by atoms with Crippen LogP contribution >= 0.6 is 0 Å². The smallest absolute Gasteiger partial charge is 0.315 e. The molecule has 7 nitrogen and oxygen atoms in total. The summed E-state index contributed by atoms with van der Waals surface area (Å²) in [5.74, 6) is 0.802. The van der Waals surface area contributed by atoms with Gasteiger partial charge in [0.2, 0.25) is 5.75 Å². The van der Waals surface area contributed by atoms with E-state index in [0.717, 1.165) is 0 Å². The van der Waals surface area contributed by atoms with Crippen LogP contribution in [-0.2, 0) is 0 Å². The molecule has 1 N–H and O–H groups in total. The lowest BCUT2D eigenvalue weighted by Gasteiger charge is -2.08. The fourth-order valence-corrected chi connectivity index (χ4v) is 1.68. The molecule has 110 valence electrons. The van der Waals surface area contributed by atoms with Crippen molar-refractivity contribution in [3.05, 3.63) is 52.3 Å². The third-order valence-electron chi connectivity index (χ3n) is 2.78. The van der Waals surface area contributed by atoms with Gasteiger partial charge < -0.3 is 14.6 Å². The third-order valence-corrected chi connectivity index (χ3v) is 2.78. The summed E-state index contributed by atoms with van der Waals surface area (Å²) in [6.07, 6.45) is 0.713. The van der Waals surface area contributed by atoms with Crippen LogP contribution in [0.25, 0.3) is 0 Å². The molecule has 0 fully saturated rings. The minimum atomic E-state index is -0.686. The lowest BCUT2D eigenvalue weighted by atomic mass is 10.2. The topological polar surface area (TPSA) is 94.7 Å². The molecule has 21 heavy (non-hydrogen) atoms. The van der Waals surface area contributed by atoms with Crippen LogP contribution in [0.15, 0.2) is 36.5 Å². The number of hydrogen-bond acceptors (Lipinski definition) is 6. The number of nitrogens with zero attached hydrogens (tertiary/aromatic N) is 2. The molecular formula is C14H14N2O5. The number of nitro groups is 1. The zero-order chi connectivity index (χ0) is 15.4. The van der Waals surface area contributed by atoms with E-state index in [9.17, 15) is 15.2 Å². The zero-order valence-electron chi connectivity index (χ0n) is 11.5. The molecule has 0 radical (unpaired) electrons. The number of aliphatic hydroxyl groups excluding tert-OH is 1. The van der Waals surface area contributed by atoms with E-state index in [1.54, 1.807) is 25.1 Å². The zero-order valence-corrected chi connectivity index (χ0v) is 11.5. The number of rotatable bonds is 5. The highest BCUT2D eigenvalue weighted by Crippen LogP contribution is 2.34. The predicted octanol–water partition coefficient (Wildman–Crippen LogP) is 2.84. The highest BCUT2D eigenvalue weighted by Gasteiger charge is 2.17. The van der Waals surface area contributed by atoms with E-state index in [1.807, 2.05) is 0 Å². The Morgan fingerprint density at radius 1 is 1.29 bits per heavy atom. The number of ether oxygens (including phenoxy) is 2. The van der Waals surface area contributed by atoms with E-state index in [2.05, 4.69) is 4.98 Å². The van der Waals surface area contributed by atoms with Crippen molar-refractivity contribution in [1.82, 2.24) is 4.98 Å². The van der Waals surface area contributed by atoms with Crippen molar-refractivity contribution in [1.29, 1.82) is 0 Å². The molecule has 2 rings (SSSR count). The van der Waals surface area contributed by atoms with Crippen LogP contribution < -0.4 is 9.47 Å². The van der Waals surface area contributed by atoms with E-state index < -0.39 is 11.0 Å². The standard InChI is InChI=1S/C14H14N2O5/c1-9(17)12-5-3-11(8-15-12)21-14-6-4-10(20-2)7-13(14)16(18)19/h3-9,17H,1-2H3/t9-/m0/s1. The molecule has 1 aromatic heterocycles. The second-order valence-electron chi connectivity index (χ2n) is 4.29.